The van der Waals surface area contributed by atoms with Crippen molar-refractivity contribution in [3.05, 3.63) is 62.5 Å². The van der Waals surface area contributed by atoms with Crippen molar-refractivity contribution in [1.82, 2.24) is 14.5 Å². The van der Waals surface area contributed by atoms with Gasteiger partial charge in [0.05, 0.1) is 10.3 Å². The van der Waals surface area contributed by atoms with Crippen LogP contribution in [0.4, 0.5) is 0 Å². The van der Waals surface area contributed by atoms with Crippen LogP contribution in [0, 0.1) is 12.8 Å². The van der Waals surface area contributed by atoms with Gasteiger partial charge in [0.2, 0.25) is 0 Å². The lowest BCUT2D eigenvalue weighted by Gasteiger charge is -2.32. The predicted molar refractivity (Wildman–Crippen MR) is 120 cm³/mol. The first-order valence-corrected chi connectivity index (χ1v) is 11.8. The fraction of sp³-hybridized carbons (Fsp3) is 0.458. The molecular weight excluding hydrogens is 394 g/mol. The van der Waals surface area contributed by atoms with Crippen LogP contribution in [-0.2, 0) is 19.4 Å². The Morgan fingerprint density at radius 1 is 1.17 bits per heavy atom. The number of piperidine rings is 1. The first kappa shape index (κ1) is 19.5. The quantitative estimate of drug-likeness (QED) is 0.634. The normalized spacial score (nSPS) is 16.9. The van der Waals surface area contributed by atoms with Crippen LogP contribution < -0.4 is 5.56 Å². The van der Waals surface area contributed by atoms with E-state index in [2.05, 4.69) is 30.3 Å². The summed E-state index contributed by atoms with van der Waals surface area (Å²) in [5.74, 6) is 1.61. The second-order valence-electron chi connectivity index (χ2n) is 8.58. The highest BCUT2D eigenvalue weighted by atomic mass is 32.1. The van der Waals surface area contributed by atoms with Gasteiger partial charge < -0.3 is 4.90 Å². The van der Waals surface area contributed by atoms with Crippen molar-refractivity contribution in [2.75, 3.05) is 13.1 Å². The molecule has 0 atom stereocenters. The Hall–Kier alpha value is -2.47. The number of thiophene rings is 1. The number of likely N-dealkylation sites (tertiary alicyclic amines) is 1. The Balaban J connectivity index is 1.28. The van der Waals surface area contributed by atoms with Crippen LogP contribution in [0.5, 0.6) is 0 Å². The molecule has 1 aromatic carbocycles. The van der Waals surface area contributed by atoms with Gasteiger partial charge in [-0.2, -0.15) is 0 Å². The largest absolute Gasteiger partial charge is 0.338 e. The highest BCUT2D eigenvalue weighted by molar-refractivity contribution is 7.20. The molecule has 1 fully saturated rings. The summed E-state index contributed by atoms with van der Waals surface area (Å²) in [7, 11) is 0. The average Bonchev–Trinajstić information content (AvgIpc) is 3.38. The SMILES string of the molecule is Cc1c(C(=O)N2CCC(CCc3ccccc3)CC2)sc2nc3n(c(=O)c12)CCC3. The lowest BCUT2D eigenvalue weighted by molar-refractivity contribution is 0.0691. The number of hydrogen-bond donors (Lipinski definition) is 0. The molecule has 6 heteroatoms. The molecule has 0 aliphatic carbocycles. The molecule has 5 nitrogen and oxygen atoms in total. The first-order valence-electron chi connectivity index (χ1n) is 11.0. The minimum Gasteiger partial charge on any atom is -0.338 e. The number of nitrogens with zero attached hydrogens (tertiary/aromatic N) is 3. The lowest BCUT2D eigenvalue weighted by Crippen LogP contribution is -2.38. The first-order chi connectivity index (χ1) is 14.6. The summed E-state index contributed by atoms with van der Waals surface area (Å²) in [5, 5.41) is 0.645. The van der Waals surface area contributed by atoms with Crippen molar-refractivity contribution in [3.8, 4) is 0 Å². The molecular formula is C24H27N3O2S. The van der Waals surface area contributed by atoms with Gasteiger partial charge in [0, 0.05) is 26.1 Å². The van der Waals surface area contributed by atoms with Gasteiger partial charge in [-0.15, -0.1) is 11.3 Å². The zero-order valence-electron chi connectivity index (χ0n) is 17.4. The summed E-state index contributed by atoms with van der Waals surface area (Å²) < 4.78 is 1.79. The molecule has 0 spiro atoms. The van der Waals surface area contributed by atoms with E-state index in [0.29, 0.717) is 16.2 Å². The van der Waals surface area contributed by atoms with Crippen molar-refractivity contribution >= 4 is 27.5 Å². The van der Waals surface area contributed by atoms with Crippen LogP contribution in [-0.4, -0.2) is 33.4 Å². The summed E-state index contributed by atoms with van der Waals surface area (Å²) in [4.78, 5) is 34.2. The van der Waals surface area contributed by atoms with Gasteiger partial charge in [-0.25, -0.2) is 4.98 Å². The van der Waals surface area contributed by atoms with Crippen LogP contribution in [0.25, 0.3) is 10.2 Å². The Kier molecular flexibility index (Phi) is 5.19. The van der Waals surface area contributed by atoms with E-state index >= 15 is 0 Å². The predicted octanol–water partition coefficient (Wildman–Crippen LogP) is 4.20. The third kappa shape index (κ3) is 3.47. The maximum absolute atomic E-state index is 13.2. The lowest BCUT2D eigenvalue weighted by atomic mass is 9.90. The maximum atomic E-state index is 13.2. The van der Waals surface area contributed by atoms with Crippen molar-refractivity contribution in [2.45, 2.75) is 52.0 Å². The number of rotatable bonds is 4. The molecule has 3 aromatic rings. The van der Waals surface area contributed by atoms with Gasteiger partial charge in [-0.3, -0.25) is 14.2 Å². The molecule has 1 amide bonds. The Labute approximate surface area is 180 Å². The monoisotopic (exact) mass is 421 g/mol. The standard InChI is InChI=1S/C24H27N3O2S/c1-16-20-22(25-19-8-5-13-27(19)23(20)28)30-21(16)24(29)26-14-11-18(12-15-26)10-9-17-6-3-2-4-7-17/h2-4,6-7,18H,5,8-15H2,1H3. The average molecular weight is 422 g/mol. The van der Waals surface area contributed by atoms with Crippen LogP contribution >= 0.6 is 11.3 Å². The van der Waals surface area contributed by atoms with E-state index in [1.807, 2.05) is 11.8 Å². The number of aryl methyl sites for hydroxylation is 3. The third-order valence-electron chi connectivity index (χ3n) is 6.69. The molecule has 0 unspecified atom stereocenters. The minimum atomic E-state index is 0.0277. The van der Waals surface area contributed by atoms with Crippen molar-refractivity contribution < 1.29 is 4.79 Å². The van der Waals surface area contributed by atoms with Crippen LogP contribution in [0.2, 0.25) is 0 Å². The maximum Gasteiger partial charge on any atom is 0.264 e. The van der Waals surface area contributed by atoms with E-state index in [1.165, 1.54) is 23.3 Å². The van der Waals surface area contributed by atoms with E-state index in [9.17, 15) is 9.59 Å². The Morgan fingerprint density at radius 3 is 2.70 bits per heavy atom. The number of carbonyl (C=O) groups is 1. The number of fused-ring (bicyclic) bond motifs is 2. The van der Waals surface area contributed by atoms with Crippen molar-refractivity contribution in [2.24, 2.45) is 5.92 Å². The number of carbonyl (C=O) groups excluding carboxylic acids is 1. The summed E-state index contributed by atoms with van der Waals surface area (Å²) in [6.07, 6.45) is 6.22. The van der Waals surface area contributed by atoms with Gasteiger partial charge >= 0.3 is 0 Å². The number of aromatic nitrogens is 2. The molecule has 156 valence electrons. The van der Waals surface area contributed by atoms with E-state index in [-0.39, 0.29) is 11.5 Å². The second-order valence-corrected chi connectivity index (χ2v) is 9.58. The van der Waals surface area contributed by atoms with Gasteiger partial charge in [0.15, 0.2) is 0 Å². The zero-order chi connectivity index (χ0) is 20.7. The highest BCUT2D eigenvalue weighted by Gasteiger charge is 2.28. The molecule has 30 heavy (non-hydrogen) atoms. The topological polar surface area (TPSA) is 55.2 Å². The summed E-state index contributed by atoms with van der Waals surface area (Å²) in [5.41, 5.74) is 2.23. The molecule has 1 saturated heterocycles. The molecule has 0 N–H and O–H groups in total. The molecule has 2 aliphatic rings. The highest BCUT2D eigenvalue weighted by Crippen LogP contribution is 2.31. The smallest absolute Gasteiger partial charge is 0.264 e. The van der Waals surface area contributed by atoms with E-state index < -0.39 is 0 Å². The van der Waals surface area contributed by atoms with E-state index in [4.69, 9.17) is 4.98 Å². The Morgan fingerprint density at radius 2 is 1.93 bits per heavy atom. The summed E-state index contributed by atoms with van der Waals surface area (Å²) in [6, 6.07) is 10.6. The molecule has 0 radical (unpaired) electrons. The van der Waals surface area contributed by atoms with Gasteiger partial charge in [0.1, 0.15) is 10.7 Å². The zero-order valence-corrected chi connectivity index (χ0v) is 18.2. The molecule has 0 saturated carbocycles. The van der Waals surface area contributed by atoms with Crippen molar-refractivity contribution in [1.29, 1.82) is 0 Å². The number of amides is 1. The van der Waals surface area contributed by atoms with Crippen molar-refractivity contribution in [3.63, 3.8) is 0 Å². The van der Waals surface area contributed by atoms with Gasteiger partial charge in [-0.1, -0.05) is 30.3 Å². The minimum absolute atomic E-state index is 0.0277. The third-order valence-corrected chi connectivity index (χ3v) is 7.87. The van der Waals surface area contributed by atoms with Crippen LogP contribution in [0.15, 0.2) is 35.1 Å². The number of hydrogen-bond acceptors (Lipinski definition) is 4. The number of benzene rings is 1. The van der Waals surface area contributed by atoms with Gasteiger partial charge in [-0.05, 0) is 56.1 Å². The van der Waals surface area contributed by atoms with Crippen LogP contribution in [0.1, 0.15) is 52.3 Å². The van der Waals surface area contributed by atoms with Gasteiger partial charge in [0.25, 0.3) is 11.5 Å². The molecule has 2 aliphatic heterocycles. The fourth-order valence-corrected chi connectivity index (χ4v) is 6.02. The molecule has 0 bridgehead atoms. The summed E-state index contributed by atoms with van der Waals surface area (Å²) >= 11 is 1.40. The van der Waals surface area contributed by atoms with E-state index in [1.54, 1.807) is 4.57 Å². The van der Waals surface area contributed by atoms with Crippen LogP contribution in [0.3, 0.4) is 0 Å². The second kappa shape index (κ2) is 7.99. The molecule has 5 rings (SSSR count). The van der Waals surface area contributed by atoms with E-state index in [0.717, 1.165) is 68.0 Å². The Bertz CT molecular complexity index is 1140. The summed E-state index contributed by atoms with van der Waals surface area (Å²) in [6.45, 7) is 4.25. The fourth-order valence-electron chi connectivity index (χ4n) is 4.86. The molecule has 2 aromatic heterocycles. The molecule has 4 heterocycles.